The summed E-state index contributed by atoms with van der Waals surface area (Å²) in [6.45, 7) is 23.1. The molecule has 3 aliphatic carbocycles. The highest BCUT2D eigenvalue weighted by Gasteiger charge is 2.46. The first-order chi connectivity index (χ1) is 29.4. The van der Waals surface area contributed by atoms with Crippen molar-refractivity contribution < 1.29 is 28.4 Å². The van der Waals surface area contributed by atoms with E-state index in [9.17, 15) is 0 Å². The summed E-state index contributed by atoms with van der Waals surface area (Å²) in [4.78, 5) is 5.99. The molecule has 0 aromatic carbocycles. The van der Waals surface area contributed by atoms with Gasteiger partial charge in [-0.15, -0.1) is 34.0 Å². The van der Waals surface area contributed by atoms with Crippen molar-refractivity contribution in [1.29, 1.82) is 0 Å². The molecule has 0 unspecified atom stereocenters. The van der Waals surface area contributed by atoms with Gasteiger partial charge in [0.25, 0.3) is 0 Å². The summed E-state index contributed by atoms with van der Waals surface area (Å²) in [6, 6.07) is 0. The van der Waals surface area contributed by atoms with Crippen LogP contribution >= 0.6 is 34.0 Å². The molecule has 9 heteroatoms. The van der Waals surface area contributed by atoms with Crippen molar-refractivity contribution in [3.8, 4) is 19.5 Å². The molecule has 0 bridgehead atoms. The Balaban J connectivity index is 1.36. The van der Waals surface area contributed by atoms with Crippen LogP contribution in [0.25, 0.3) is 19.5 Å². The molecular weight excluding hydrogens is 805 g/mol. The van der Waals surface area contributed by atoms with Crippen LogP contribution < -0.4 is 0 Å². The average Bonchev–Trinajstić information content (AvgIpc) is 4.10. The summed E-state index contributed by atoms with van der Waals surface area (Å²) < 4.78 is 38.9. The Morgan fingerprint density at radius 3 is 0.917 bits per heavy atom. The van der Waals surface area contributed by atoms with E-state index in [-0.39, 0.29) is 16.2 Å². The number of fused-ring (bicyclic) bond motifs is 3. The highest BCUT2D eigenvalue weighted by atomic mass is 32.1. The van der Waals surface area contributed by atoms with Crippen molar-refractivity contribution in [2.24, 2.45) is 16.2 Å². The van der Waals surface area contributed by atoms with Gasteiger partial charge in [0.2, 0.25) is 0 Å². The van der Waals surface area contributed by atoms with Crippen LogP contribution in [-0.2, 0) is 66.9 Å². The van der Waals surface area contributed by atoms with E-state index >= 15 is 0 Å². The van der Waals surface area contributed by atoms with Crippen LogP contribution in [0.3, 0.4) is 0 Å². The Kier molecular flexibility index (Phi) is 19.5. The van der Waals surface area contributed by atoms with Gasteiger partial charge in [0.05, 0.1) is 39.6 Å². The lowest BCUT2D eigenvalue weighted by Gasteiger charge is -2.30. The van der Waals surface area contributed by atoms with Gasteiger partial charge in [-0.1, -0.05) is 80.1 Å². The number of hydrogen-bond acceptors (Lipinski definition) is 9. The Labute approximate surface area is 376 Å². The summed E-state index contributed by atoms with van der Waals surface area (Å²) in [5.74, 6) is 0. The lowest BCUT2D eigenvalue weighted by Crippen LogP contribution is -2.34. The van der Waals surface area contributed by atoms with Crippen LogP contribution in [-0.4, -0.2) is 79.3 Å². The predicted octanol–water partition coefficient (Wildman–Crippen LogP) is 13.4. The summed E-state index contributed by atoms with van der Waals surface area (Å²) in [6.07, 6.45) is 19.7. The molecule has 3 aliphatic rings. The largest absolute Gasteiger partial charge is 0.381 e. The first kappa shape index (κ1) is 48.3. The number of unbranched alkanes of at least 4 members (excludes halogenated alkanes) is 6. The zero-order valence-electron chi connectivity index (χ0n) is 38.5. The van der Waals surface area contributed by atoms with Crippen molar-refractivity contribution in [2.45, 2.75) is 157 Å². The Morgan fingerprint density at radius 2 is 0.633 bits per heavy atom. The van der Waals surface area contributed by atoms with Crippen molar-refractivity contribution in [1.82, 2.24) is 0 Å². The quantitative estimate of drug-likeness (QED) is 0.0582. The van der Waals surface area contributed by atoms with E-state index in [1.165, 1.54) is 30.6 Å². The lowest BCUT2D eigenvalue weighted by molar-refractivity contribution is -0.0189. The third-order valence-corrected chi connectivity index (χ3v) is 16.9. The Bertz CT molecular complexity index is 1560. The zero-order valence-corrected chi connectivity index (χ0v) is 41.0. The zero-order chi connectivity index (χ0) is 42.3. The van der Waals surface area contributed by atoms with E-state index in [1.807, 2.05) is 22.7 Å². The fourth-order valence-electron chi connectivity index (χ4n) is 9.59. The van der Waals surface area contributed by atoms with Gasteiger partial charge in [0.15, 0.2) is 0 Å². The van der Waals surface area contributed by atoms with Crippen LogP contribution in [0.15, 0.2) is 10.8 Å². The average molecular weight is 885 g/mol. The van der Waals surface area contributed by atoms with Crippen LogP contribution in [0, 0.1) is 16.2 Å². The topological polar surface area (TPSA) is 55.4 Å². The van der Waals surface area contributed by atoms with Gasteiger partial charge in [0.1, 0.15) is 0 Å². The second kappa shape index (κ2) is 24.2. The summed E-state index contributed by atoms with van der Waals surface area (Å²) in [5.41, 5.74) is 9.19. The normalized spacial score (nSPS) is 17.2. The molecule has 338 valence electrons. The molecule has 3 aromatic heterocycles. The standard InChI is InChI=1S/C51H80O6S3/c1-7-13-19-52-33-49(34-53-20-14-8-2)25-39-31-58-45(41(39)27-49)47-43-29-51(37-56-23-17-11-5,38-57-24-18-12-6)30-44(43)48(60-47)46-42-28-50(26-40(42)32-59-46,35-54-21-15-9-3)36-55-22-16-10-4/h31-32H,7-30,33-38H2,1-6H3. The van der Waals surface area contributed by atoms with Gasteiger partial charge in [-0.3, -0.25) is 0 Å². The van der Waals surface area contributed by atoms with Gasteiger partial charge in [-0.05, 0) is 121 Å². The fraction of sp³-hybridized carbons (Fsp3) is 0.765. The van der Waals surface area contributed by atoms with Crippen LogP contribution in [0.2, 0.25) is 0 Å². The molecule has 0 amide bonds. The van der Waals surface area contributed by atoms with Crippen molar-refractivity contribution >= 4 is 34.0 Å². The van der Waals surface area contributed by atoms with Gasteiger partial charge < -0.3 is 28.4 Å². The summed E-state index contributed by atoms with van der Waals surface area (Å²) in [7, 11) is 0. The number of thiophene rings is 3. The molecule has 3 aromatic rings. The van der Waals surface area contributed by atoms with Crippen LogP contribution in [0.5, 0.6) is 0 Å². The third-order valence-electron chi connectivity index (χ3n) is 13.1. The molecular formula is C51H80O6S3. The molecule has 6 rings (SSSR count). The van der Waals surface area contributed by atoms with Crippen molar-refractivity contribution in [3.63, 3.8) is 0 Å². The molecule has 0 spiro atoms. The Morgan fingerprint density at radius 1 is 0.367 bits per heavy atom. The molecule has 0 saturated heterocycles. The van der Waals surface area contributed by atoms with Crippen molar-refractivity contribution in [3.05, 3.63) is 44.1 Å². The van der Waals surface area contributed by atoms with Crippen LogP contribution in [0.1, 0.15) is 152 Å². The number of ether oxygens (including phenoxy) is 6. The van der Waals surface area contributed by atoms with E-state index in [1.54, 1.807) is 22.3 Å². The minimum atomic E-state index is -0.0571. The second-order valence-electron chi connectivity index (χ2n) is 18.9. The monoisotopic (exact) mass is 885 g/mol. The highest BCUT2D eigenvalue weighted by molar-refractivity contribution is 7.26. The third kappa shape index (κ3) is 12.1. The highest BCUT2D eigenvalue weighted by Crippen LogP contribution is 2.58. The number of rotatable bonds is 32. The SMILES string of the molecule is CCCCOCC1(COCCCC)Cc2csc(-c3sc(-c4scc5c4CC(COCCCC)(COCCCC)C5)c4c3CC(COCCCC)(COCCCC)C4)c2C1. The second-order valence-corrected chi connectivity index (χ2v) is 21.6. The first-order valence-electron chi connectivity index (χ1n) is 24.2. The summed E-state index contributed by atoms with van der Waals surface area (Å²) >= 11 is 6.05. The first-order valence-corrected chi connectivity index (χ1v) is 26.8. The van der Waals surface area contributed by atoms with Crippen LogP contribution in [0.4, 0.5) is 0 Å². The molecule has 60 heavy (non-hydrogen) atoms. The maximum Gasteiger partial charge on any atom is 0.0550 e. The van der Waals surface area contributed by atoms with E-state index in [0.717, 1.165) is 195 Å². The van der Waals surface area contributed by atoms with E-state index < -0.39 is 0 Å². The minimum absolute atomic E-state index is 0.00155. The van der Waals surface area contributed by atoms with E-state index in [0.29, 0.717) is 0 Å². The fourth-order valence-corrected chi connectivity index (χ4v) is 13.5. The van der Waals surface area contributed by atoms with Gasteiger partial charge in [-0.2, -0.15) is 0 Å². The number of hydrogen-bond donors (Lipinski definition) is 0. The summed E-state index contributed by atoms with van der Waals surface area (Å²) in [5, 5.41) is 4.96. The smallest absolute Gasteiger partial charge is 0.0550 e. The van der Waals surface area contributed by atoms with Gasteiger partial charge in [-0.25, -0.2) is 0 Å². The van der Waals surface area contributed by atoms with E-state index in [2.05, 4.69) is 63.6 Å². The lowest BCUT2D eigenvalue weighted by atomic mass is 9.85. The molecule has 0 radical (unpaired) electrons. The molecule has 0 N–H and O–H groups in total. The Hall–Kier alpha value is -1.14. The predicted molar refractivity (Wildman–Crippen MR) is 255 cm³/mol. The molecule has 6 nitrogen and oxygen atoms in total. The molecule has 0 fully saturated rings. The molecule has 0 saturated carbocycles. The maximum atomic E-state index is 6.58. The van der Waals surface area contributed by atoms with Gasteiger partial charge >= 0.3 is 0 Å². The van der Waals surface area contributed by atoms with Crippen molar-refractivity contribution in [2.75, 3.05) is 79.3 Å². The molecule has 3 heterocycles. The molecule has 0 atom stereocenters. The minimum Gasteiger partial charge on any atom is -0.381 e. The maximum absolute atomic E-state index is 6.58. The molecule has 0 aliphatic heterocycles. The van der Waals surface area contributed by atoms with E-state index in [4.69, 9.17) is 28.4 Å². The van der Waals surface area contributed by atoms with Gasteiger partial charge in [0, 0.05) is 75.4 Å².